The third-order valence-electron chi connectivity index (χ3n) is 4.69. The van der Waals surface area contributed by atoms with Crippen LogP contribution in [0.5, 0.6) is 0 Å². The Kier molecular flexibility index (Phi) is 5.73. The molecule has 1 heterocycles. The average Bonchev–Trinajstić information content (AvgIpc) is 2.45. The molecule has 1 N–H and O–H groups in total. The number of benzene rings is 1. The molecule has 1 aromatic carbocycles. The van der Waals surface area contributed by atoms with Crippen molar-refractivity contribution in [1.82, 2.24) is 5.32 Å². The molecule has 118 valence electrons. The highest BCUT2D eigenvalue weighted by Gasteiger charge is 2.28. The molecule has 0 aliphatic carbocycles. The maximum atomic E-state index is 3.72. The predicted molar refractivity (Wildman–Crippen MR) is 95.9 cm³/mol. The van der Waals surface area contributed by atoms with Gasteiger partial charge in [-0.15, -0.1) is 0 Å². The average molecular weight is 353 g/mol. The zero-order chi connectivity index (χ0) is 15.5. The first kappa shape index (κ1) is 16.8. The van der Waals surface area contributed by atoms with E-state index in [0.717, 1.165) is 19.0 Å². The van der Waals surface area contributed by atoms with E-state index in [-0.39, 0.29) is 0 Å². The van der Waals surface area contributed by atoms with Gasteiger partial charge in [-0.25, -0.2) is 0 Å². The van der Waals surface area contributed by atoms with Gasteiger partial charge in [0.1, 0.15) is 0 Å². The van der Waals surface area contributed by atoms with Crippen LogP contribution in [0.1, 0.15) is 46.1 Å². The largest absolute Gasteiger partial charge is 0.371 e. The van der Waals surface area contributed by atoms with Crippen molar-refractivity contribution in [3.63, 3.8) is 0 Å². The van der Waals surface area contributed by atoms with Crippen LogP contribution >= 0.6 is 15.9 Å². The van der Waals surface area contributed by atoms with Crippen molar-refractivity contribution in [3.05, 3.63) is 28.2 Å². The third-order valence-corrected chi connectivity index (χ3v) is 5.43. The quantitative estimate of drug-likeness (QED) is 0.835. The second-order valence-electron chi connectivity index (χ2n) is 7.18. The minimum Gasteiger partial charge on any atom is -0.371 e. The fourth-order valence-electron chi connectivity index (χ4n) is 3.14. The van der Waals surface area contributed by atoms with Gasteiger partial charge in [-0.3, -0.25) is 0 Å². The monoisotopic (exact) mass is 352 g/mol. The van der Waals surface area contributed by atoms with Crippen molar-refractivity contribution in [2.45, 2.75) is 47.1 Å². The number of halogens is 1. The summed E-state index contributed by atoms with van der Waals surface area (Å²) < 4.78 is 1.22. The zero-order valence-electron chi connectivity index (χ0n) is 13.9. The van der Waals surface area contributed by atoms with Crippen LogP contribution in [0.25, 0.3) is 0 Å². The van der Waals surface area contributed by atoms with Crippen LogP contribution in [0.2, 0.25) is 0 Å². The number of hydrogen-bond donors (Lipinski definition) is 1. The predicted octanol–water partition coefficient (Wildman–Crippen LogP) is 4.82. The summed E-state index contributed by atoms with van der Waals surface area (Å²) >= 11 is 3.72. The van der Waals surface area contributed by atoms with E-state index in [0.29, 0.717) is 5.41 Å². The fraction of sp³-hybridized carbons (Fsp3) is 0.667. The van der Waals surface area contributed by atoms with E-state index in [4.69, 9.17) is 0 Å². The van der Waals surface area contributed by atoms with Crippen LogP contribution < -0.4 is 10.2 Å². The summed E-state index contributed by atoms with van der Waals surface area (Å²) in [6.07, 6.45) is 2.61. The van der Waals surface area contributed by atoms with Crippen molar-refractivity contribution in [3.8, 4) is 0 Å². The zero-order valence-corrected chi connectivity index (χ0v) is 15.5. The van der Waals surface area contributed by atoms with Crippen molar-refractivity contribution < 1.29 is 0 Å². The van der Waals surface area contributed by atoms with Crippen LogP contribution in [-0.2, 0) is 6.54 Å². The minimum atomic E-state index is 0.447. The SMILES string of the molecule is CCNCc1ccc(N2CCC(C(C)(C)C)CC2)cc1Br. The number of rotatable bonds is 4. The highest BCUT2D eigenvalue weighted by Crippen LogP contribution is 2.36. The van der Waals surface area contributed by atoms with Crippen LogP contribution in [0.4, 0.5) is 5.69 Å². The lowest BCUT2D eigenvalue weighted by Gasteiger charge is -2.39. The van der Waals surface area contributed by atoms with Crippen LogP contribution in [-0.4, -0.2) is 19.6 Å². The van der Waals surface area contributed by atoms with Gasteiger partial charge >= 0.3 is 0 Å². The van der Waals surface area contributed by atoms with E-state index in [1.165, 1.54) is 41.7 Å². The van der Waals surface area contributed by atoms with Crippen molar-refractivity contribution in [2.75, 3.05) is 24.5 Å². The Bertz CT molecular complexity index is 457. The highest BCUT2D eigenvalue weighted by atomic mass is 79.9. The number of nitrogens with zero attached hydrogens (tertiary/aromatic N) is 1. The molecule has 0 radical (unpaired) electrons. The highest BCUT2D eigenvalue weighted by molar-refractivity contribution is 9.10. The molecule has 0 bridgehead atoms. The molecule has 0 atom stereocenters. The summed E-state index contributed by atoms with van der Waals surface area (Å²) in [4.78, 5) is 2.53. The Labute approximate surface area is 138 Å². The molecule has 1 fully saturated rings. The van der Waals surface area contributed by atoms with Crippen LogP contribution in [0.3, 0.4) is 0 Å². The maximum absolute atomic E-state index is 3.72. The Morgan fingerprint density at radius 2 is 1.90 bits per heavy atom. The van der Waals surface area contributed by atoms with Gasteiger partial charge in [-0.1, -0.05) is 49.7 Å². The first-order chi connectivity index (χ1) is 9.91. The molecule has 1 aliphatic heterocycles. The van der Waals surface area contributed by atoms with Gasteiger partial charge in [-0.05, 0) is 48.4 Å². The molecule has 1 aliphatic rings. The van der Waals surface area contributed by atoms with Gasteiger partial charge in [0.15, 0.2) is 0 Å². The second-order valence-corrected chi connectivity index (χ2v) is 8.04. The molecular formula is C18H29BrN2. The summed E-state index contributed by atoms with van der Waals surface area (Å²) in [6, 6.07) is 6.80. The van der Waals surface area contributed by atoms with Crippen molar-refractivity contribution in [1.29, 1.82) is 0 Å². The van der Waals surface area contributed by atoms with Gasteiger partial charge in [0.05, 0.1) is 0 Å². The van der Waals surface area contributed by atoms with E-state index >= 15 is 0 Å². The van der Waals surface area contributed by atoms with Crippen molar-refractivity contribution in [2.24, 2.45) is 11.3 Å². The standard InChI is InChI=1S/C18H29BrN2/c1-5-20-13-14-6-7-16(12-17(14)19)21-10-8-15(9-11-21)18(2,3)4/h6-7,12,15,20H,5,8-11,13H2,1-4H3. The summed E-state index contributed by atoms with van der Waals surface area (Å²) in [7, 11) is 0. The van der Waals surface area contributed by atoms with E-state index < -0.39 is 0 Å². The molecule has 0 aromatic heterocycles. The molecule has 0 amide bonds. The molecule has 3 heteroatoms. The topological polar surface area (TPSA) is 15.3 Å². The van der Waals surface area contributed by atoms with Gasteiger partial charge < -0.3 is 10.2 Å². The van der Waals surface area contributed by atoms with Crippen molar-refractivity contribution >= 4 is 21.6 Å². The Morgan fingerprint density at radius 3 is 2.43 bits per heavy atom. The van der Waals surface area contributed by atoms with Gasteiger partial charge in [0, 0.05) is 29.8 Å². The molecule has 1 saturated heterocycles. The maximum Gasteiger partial charge on any atom is 0.0377 e. The first-order valence-corrected chi connectivity index (χ1v) is 8.95. The summed E-state index contributed by atoms with van der Waals surface area (Å²) in [5, 5.41) is 3.38. The summed E-state index contributed by atoms with van der Waals surface area (Å²) in [6.45, 7) is 13.6. The second kappa shape index (κ2) is 7.15. The van der Waals surface area contributed by atoms with Crippen LogP contribution in [0, 0.1) is 11.3 Å². The normalized spacial score (nSPS) is 17.3. The Hall–Kier alpha value is -0.540. The van der Waals surface area contributed by atoms with Gasteiger partial charge in [0.25, 0.3) is 0 Å². The number of nitrogens with one attached hydrogen (secondary N) is 1. The Morgan fingerprint density at radius 1 is 1.24 bits per heavy atom. The lowest BCUT2D eigenvalue weighted by Crippen LogP contribution is -2.38. The smallest absolute Gasteiger partial charge is 0.0377 e. The van der Waals surface area contributed by atoms with E-state index in [1.54, 1.807) is 0 Å². The molecule has 1 aromatic rings. The van der Waals surface area contributed by atoms with Gasteiger partial charge in [0.2, 0.25) is 0 Å². The molecule has 0 unspecified atom stereocenters. The minimum absolute atomic E-state index is 0.447. The van der Waals surface area contributed by atoms with Gasteiger partial charge in [-0.2, -0.15) is 0 Å². The first-order valence-electron chi connectivity index (χ1n) is 8.16. The van der Waals surface area contributed by atoms with E-state index in [2.05, 4.69) is 72.0 Å². The number of anilines is 1. The van der Waals surface area contributed by atoms with E-state index in [1.807, 2.05) is 0 Å². The molecular weight excluding hydrogens is 324 g/mol. The lowest BCUT2D eigenvalue weighted by atomic mass is 9.75. The lowest BCUT2D eigenvalue weighted by molar-refractivity contribution is 0.199. The number of hydrogen-bond acceptors (Lipinski definition) is 2. The molecule has 21 heavy (non-hydrogen) atoms. The van der Waals surface area contributed by atoms with Crippen LogP contribution in [0.15, 0.2) is 22.7 Å². The summed E-state index contributed by atoms with van der Waals surface area (Å²) in [5.74, 6) is 0.852. The fourth-order valence-corrected chi connectivity index (χ4v) is 3.65. The number of piperidine rings is 1. The molecule has 0 spiro atoms. The van der Waals surface area contributed by atoms with E-state index in [9.17, 15) is 0 Å². The molecule has 2 nitrogen and oxygen atoms in total. The Balaban J connectivity index is 1.99. The molecule has 2 rings (SSSR count). The molecule has 0 saturated carbocycles. The summed E-state index contributed by atoms with van der Waals surface area (Å²) in [5.41, 5.74) is 3.14. The third kappa shape index (κ3) is 4.46.